The standard InChI is InChI=1S/C17H16N4/c1-12(14-6-4-3-5-7-14)20-11-10-16-15(20)8-9-17-19-18-13(2)21(16)17/h3-12H,1-2H3. The van der Waals surface area contributed by atoms with E-state index in [1.165, 1.54) is 11.1 Å². The van der Waals surface area contributed by atoms with Crippen LogP contribution in [0.2, 0.25) is 0 Å². The van der Waals surface area contributed by atoms with E-state index in [0.717, 1.165) is 17.0 Å². The SMILES string of the molecule is Cc1nnc2ccc3c(ccn3C(C)c3ccccc3)n12. The molecule has 3 heterocycles. The molecule has 0 N–H and O–H groups in total. The molecular weight excluding hydrogens is 260 g/mol. The van der Waals surface area contributed by atoms with Gasteiger partial charge in [-0.15, -0.1) is 10.2 Å². The van der Waals surface area contributed by atoms with Crippen molar-refractivity contribution >= 4 is 16.7 Å². The average Bonchev–Trinajstić information content (AvgIpc) is 3.11. The van der Waals surface area contributed by atoms with Crippen LogP contribution in [0.15, 0.2) is 54.7 Å². The lowest BCUT2D eigenvalue weighted by molar-refractivity contribution is 0.664. The Bertz CT molecular complexity index is 918. The molecule has 1 aromatic carbocycles. The van der Waals surface area contributed by atoms with E-state index < -0.39 is 0 Å². The highest BCUT2D eigenvalue weighted by molar-refractivity contribution is 5.80. The molecule has 0 radical (unpaired) electrons. The van der Waals surface area contributed by atoms with Crippen molar-refractivity contribution in [3.05, 3.63) is 66.1 Å². The van der Waals surface area contributed by atoms with E-state index >= 15 is 0 Å². The molecule has 4 aromatic rings. The van der Waals surface area contributed by atoms with Gasteiger partial charge in [-0.05, 0) is 37.6 Å². The fourth-order valence-electron chi connectivity index (χ4n) is 2.98. The number of aromatic nitrogens is 4. The molecule has 0 saturated heterocycles. The fraction of sp³-hybridized carbons (Fsp3) is 0.176. The minimum Gasteiger partial charge on any atom is -0.339 e. The number of benzene rings is 1. The average molecular weight is 276 g/mol. The second-order valence-electron chi connectivity index (χ2n) is 5.35. The number of nitrogens with zero attached hydrogens (tertiary/aromatic N) is 4. The quantitative estimate of drug-likeness (QED) is 0.560. The Kier molecular flexibility index (Phi) is 2.57. The van der Waals surface area contributed by atoms with Crippen LogP contribution in [0.1, 0.15) is 24.4 Å². The Morgan fingerprint density at radius 2 is 1.71 bits per heavy atom. The van der Waals surface area contributed by atoms with Crippen LogP contribution in [-0.4, -0.2) is 19.2 Å². The smallest absolute Gasteiger partial charge is 0.161 e. The van der Waals surface area contributed by atoms with E-state index in [4.69, 9.17) is 0 Å². The van der Waals surface area contributed by atoms with Crippen molar-refractivity contribution in [3.63, 3.8) is 0 Å². The second kappa shape index (κ2) is 4.45. The third-order valence-corrected chi connectivity index (χ3v) is 4.11. The van der Waals surface area contributed by atoms with E-state index in [9.17, 15) is 0 Å². The highest BCUT2D eigenvalue weighted by Crippen LogP contribution is 2.25. The maximum atomic E-state index is 4.18. The van der Waals surface area contributed by atoms with Crippen LogP contribution in [0.3, 0.4) is 0 Å². The number of hydrogen-bond donors (Lipinski definition) is 0. The molecule has 4 rings (SSSR count). The first-order valence-corrected chi connectivity index (χ1v) is 7.12. The number of rotatable bonds is 2. The van der Waals surface area contributed by atoms with Crippen molar-refractivity contribution in [2.45, 2.75) is 19.9 Å². The summed E-state index contributed by atoms with van der Waals surface area (Å²) >= 11 is 0. The second-order valence-corrected chi connectivity index (χ2v) is 5.35. The van der Waals surface area contributed by atoms with Crippen LogP contribution in [-0.2, 0) is 0 Å². The van der Waals surface area contributed by atoms with E-state index in [2.05, 4.69) is 68.7 Å². The van der Waals surface area contributed by atoms with E-state index in [-0.39, 0.29) is 6.04 Å². The molecule has 1 unspecified atom stereocenters. The van der Waals surface area contributed by atoms with Gasteiger partial charge in [0, 0.05) is 6.20 Å². The molecule has 4 nitrogen and oxygen atoms in total. The highest BCUT2D eigenvalue weighted by atomic mass is 15.2. The van der Waals surface area contributed by atoms with Gasteiger partial charge in [0.05, 0.1) is 17.1 Å². The van der Waals surface area contributed by atoms with Crippen LogP contribution in [0.4, 0.5) is 0 Å². The maximum Gasteiger partial charge on any atom is 0.161 e. The zero-order chi connectivity index (χ0) is 14.4. The van der Waals surface area contributed by atoms with E-state index in [0.29, 0.717) is 0 Å². The van der Waals surface area contributed by atoms with Crippen molar-refractivity contribution in [2.75, 3.05) is 0 Å². The van der Waals surface area contributed by atoms with Crippen molar-refractivity contribution in [3.8, 4) is 0 Å². The molecule has 0 aliphatic rings. The van der Waals surface area contributed by atoms with Gasteiger partial charge in [-0.2, -0.15) is 0 Å². The summed E-state index contributed by atoms with van der Waals surface area (Å²) in [5.74, 6) is 0.917. The molecule has 0 amide bonds. The summed E-state index contributed by atoms with van der Waals surface area (Å²) in [7, 11) is 0. The zero-order valence-electron chi connectivity index (χ0n) is 12.1. The van der Waals surface area contributed by atoms with Crippen LogP contribution in [0, 0.1) is 6.92 Å². The topological polar surface area (TPSA) is 35.1 Å². The molecule has 0 fully saturated rings. The first-order chi connectivity index (χ1) is 10.3. The van der Waals surface area contributed by atoms with Crippen molar-refractivity contribution in [1.82, 2.24) is 19.2 Å². The molecule has 0 spiro atoms. The lowest BCUT2D eigenvalue weighted by Crippen LogP contribution is -2.05. The fourth-order valence-corrected chi connectivity index (χ4v) is 2.98. The van der Waals surface area contributed by atoms with Gasteiger partial charge in [0.1, 0.15) is 5.82 Å². The Morgan fingerprint density at radius 1 is 0.905 bits per heavy atom. The molecule has 0 saturated carbocycles. The number of fused-ring (bicyclic) bond motifs is 3. The molecule has 104 valence electrons. The lowest BCUT2D eigenvalue weighted by atomic mass is 10.1. The van der Waals surface area contributed by atoms with E-state index in [1.54, 1.807) is 0 Å². The third-order valence-electron chi connectivity index (χ3n) is 4.11. The summed E-state index contributed by atoms with van der Waals surface area (Å²) in [4.78, 5) is 0. The summed E-state index contributed by atoms with van der Waals surface area (Å²) in [6.45, 7) is 4.20. The van der Waals surface area contributed by atoms with Gasteiger partial charge in [-0.3, -0.25) is 4.40 Å². The molecular formula is C17H16N4. The predicted octanol–water partition coefficient (Wildman–Crippen LogP) is 3.60. The predicted molar refractivity (Wildman–Crippen MR) is 83.5 cm³/mol. The van der Waals surface area contributed by atoms with Gasteiger partial charge in [-0.1, -0.05) is 30.3 Å². The van der Waals surface area contributed by atoms with Crippen LogP contribution in [0.5, 0.6) is 0 Å². The first kappa shape index (κ1) is 12.1. The molecule has 21 heavy (non-hydrogen) atoms. The Labute approximate surface area is 122 Å². The minimum absolute atomic E-state index is 0.290. The third kappa shape index (κ3) is 1.76. The normalized spacial score (nSPS) is 13.0. The lowest BCUT2D eigenvalue weighted by Gasteiger charge is -2.15. The largest absolute Gasteiger partial charge is 0.339 e. The molecule has 0 aliphatic heterocycles. The molecule has 1 atom stereocenters. The minimum atomic E-state index is 0.290. The van der Waals surface area contributed by atoms with Crippen LogP contribution < -0.4 is 0 Å². The van der Waals surface area contributed by atoms with E-state index in [1.807, 2.05) is 19.1 Å². The van der Waals surface area contributed by atoms with Gasteiger partial charge in [0.25, 0.3) is 0 Å². The summed E-state index contributed by atoms with van der Waals surface area (Å²) in [5.41, 5.74) is 4.54. The van der Waals surface area contributed by atoms with Gasteiger partial charge >= 0.3 is 0 Å². The number of pyridine rings is 1. The monoisotopic (exact) mass is 276 g/mol. The summed E-state index contributed by atoms with van der Waals surface area (Å²) in [5, 5.41) is 8.35. The summed E-state index contributed by atoms with van der Waals surface area (Å²) < 4.78 is 4.40. The highest BCUT2D eigenvalue weighted by Gasteiger charge is 2.13. The molecule has 0 bridgehead atoms. The van der Waals surface area contributed by atoms with Crippen molar-refractivity contribution < 1.29 is 0 Å². The van der Waals surface area contributed by atoms with Gasteiger partial charge < -0.3 is 4.57 Å². The number of aryl methyl sites for hydroxylation is 1. The Morgan fingerprint density at radius 3 is 2.52 bits per heavy atom. The van der Waals surface area contributed by atoms with Crippen molar-refractivity contribution in [1.29, 1.82) is 0 Å². The van der Waals surface area contributed by atoms with Crippen molar-refractivity contribution in [2.24, 2.45) is 0 Å². The first-order valence-electron chi connectivity index (χ1n) is 7.12. The Hall–Kier alpha value is -2.62. The van der Waals surface area contributed by atoms with Crippen LogP contribution >= 0.6 is 0 Å². The Balaban J connectivity index is 1.94. The van der Waals surface area contributed by atoms with Crippen LogP contribution in [0.25, 0.3) is 16.7 Å². The van der Waals surface area contributed by atoms with Gasteiger partial charge in [0.2, 0.25) is 0 Å². The van der Waals surface area contributed by atoms with Gasteiger partial charge in [0.15, 0.2) is 5.65 Å². The summed E-state index contributed by atoms with van der Waals surface area (Å²) in [6, 6.07) is 17.1. The molecule has 4 heteroatoms. The maximum absolute atomic E-state index is 4.18. The summed E-state index contributed by atoms with van der Waals surface area (Å²) in [6.07, 6.45) is 2.14. The number of hydrogen-bond acceptors (Lipinski definition) is 2. The molecule has 0 aliphatic carbocycles. The zero-order valence-corrected chi connectivity index (χ0v) is 12.1. The van der Waals surface area contributed by atoms with Gasteiger partial charge in [-0.25, -0.2) is 0 Å². The molecule has 3 aromatic heterocycles.